The van der Waals surface area contributed by atoms with Crippen molar-refractivity contribution in [2.75, 3.05) is 7.11 Å². The highest BCUT2D eigenvalue weighted by Gasteiger charge is 2.77. The second-order valence-corrected chi connectivity index (χ2v) is 17.9. The normalized spacial score (nSPS) is 58.0. The van der Waals surface area contributed by atoms with E-state index in [1.807, 2.05) is 7.11 Å². The Bertz CT molecular complexity index is 779. The van der Waals surface area contributed by atoms with Crippen LogP contribution in [0.5, 0.6) is 0 Å². The molecule has 1 nitrogen and oxygen atoms in total. The van der Waals surface area contributed by atoms with Gasteiger partial charge in [0.05, 0.1) is 9.34 Å². The molecule has 6 fully saturated rings. The maximum atomic E-state index is 6.33. The minimum atomic E-state index is 0.209. The zero-order valence-corrected chi connectivity index (χ0v) is 24.5. The van der Waals surface area contributed by atoms with Crippen LogP contribution in [-0.2, 0) is 4.74 Å². The molecule has 0 radical (unpaired) electrons. The van der Waals surface area contributed by atoms with Gasteiger partial charge in [-0.2, -0.15) is 0 Å². The van der Waals surface area contributed by atoms with Gasteiger partial charge in [0.2, 0.25) is 0 Å². The van der Waals surface area contributed by atoms with E-state index < -0.39 is 0 Å². The van der Waals surface area contributed by atoms with Gasteiger partial charge >= 0.3 is 0 Å². The number of halogens is 2. The summed E-state index contributed by atoms with van der Waals surface area (Å²) < 4.78 is 6.54. The lowest BCUT2D eigenvalue weighted by Gasteiger charge is -2.61. The highest BCUT2D eigenvalue weighted by molar-refractivity contribution is 9.25. The highest BCUT2D eigenvalue weighted by atomic mass is 79.9. The zero-order valence-electron chi connectivity index (χ0n) is 21.3. The maximum absolute atomic E-state index is 6.33. The van der Waals surface area contributed by atoms with Gasteiger partial charge in [-0.15, -0.1) is 0 Å². The molecule has 6 saturated carbocycles. The summed E-state index contributed by atoms with van der Waals surface area (Å²) in [5.74, 6) is 7.92. The Morgan fingerprint density at radius 3 is 2.34 bits per heavy atom. The van der Waals surface area contributed by atoms with Crippen LogP contribution in [0, 0.1) is 69.5 Å². The predicted octanol–water partition coefficient (Wildman–Crippen LogP) is 8.68. The van der Waals surface area contributed by atoms with Gasteiger partial charge in [-0.3, -0.25) is 0 Å². The molecule has 0 amide bonds. The summed E-state index contributed by atoms with van der Waals surface area (Å²) in [6, 6.07) is 0. The molecule has 6 rings (SSSR count). The Kier molecular flexibility index (Phi) is 5.28. The summed E-state index contributed by atoms with van der Waals surface area (Å²) in [6.45, 7) is 12.9. The second kappa shape index (κ2) is 7.24. The quantitative estimate of drug-likeness (QED) is 0.301. The Balaban J connectivity index is 1.22. The molecule has 0 N–H and O–H groups in total. The first-order valence-electron chi connectivity index (χ1n) is 13.9. The maximum Gasteiger partial charge on any atom is 0.0871 e. The molecule has 0 saturated heterocycles. The van der Waals surface area contributed by atoms with Gasteiger partial charge in [0, 0.05) is 12.5 Å². The van der Waals surface area contributed by atoms with Gasteiger partial charge in [0.15, 0.2) is 0 Å². The van der Waals surface area contributed by atoms with E-state index in [0.29, 0.717) is 22.3 Å². The molecule has 0 aromatic rings. The largest absolute Gasteiger partial charge is 0.381 e. The van der Waals surface area contributed by atoms with Crippen LogP contribution in [0.25, 0.3) is 0 Å². The lowest BCUT2D eigenvalue weighted by Crippen LogP contribution is -2.57. The third-order valence-electron chi connectivity index (χ3n) is 13.2. The molecule has 0 unspecified atom stereocenters. The average Bonchev–Trinajstić information content (AvgIpc) is 3.47. The Hall–Kier alpha value is 0.920. The van der Waals surface area contributed by atoms with Gasteiger partial charge in [-0.05, 0) is 122 Å². The Morgan fingerprint density at radius 1 is 0.969 bits per heavy atom. The van der Waals surface area contributed by atoms with Crippen LogP contribution in [0.1, 0.15) is 92.4 Å². The molecule has 6 aliphatic carbocycles. The van der Waals surface area contributed by atoms with Gasteiger partial charge in [-0.25, -0.2) is 0 Å². The molecule has 182 valence electrons. The van der Waals surface area contributed by atoms with Gasteiger partial charge in [0.1, 0.15) is 0 Å². The lowest BCUT2D eigenvalue weighted by atomic mass is 9.45. The Morgan fingerprint density at radius 2 is 1.72 bits per heavy atom. The third kappa shape index (κ3) is 2.77. The first kappa shape index (κ1) is 23.3. The summed E-state index contributed by atoms with van der Waals surface area (Å²) in [4.78, 5) is 0. The zero-order chi connectivity index (χ0) is 22.8. The van der Waals surface area contributed by atoms with Crippen molar-refractivity contribution in [3.8, 4) is 0 Å². The molecule has 6 aliphatic rings. The van der Waals surface area contributed by atoms with Crippen molar-refractivity contribution in [3.05, 3.63) is 0 Å². The molecule has 0 bridgehead atoms. The highest BCUT2D eigenvalue weighted by Crippen LogP contribution is 2.82. The summed E-state index contributed by atoms with van der Waals surface area (Å²) in [5.41, 5.74) is 1.69. The molecule has 3 heteroatoms. The summed E-state index contributed by atoms with van der Waals surface area (Å²) in [6.07, 6.45) is 13.7. The Labute approximate surface area is 214 Å². The number of rotatable bonds is 5. The third-order valence-corrected chi connectivity index (χ3v) is 15.4. The standard InChI is InChI=1S/C29H46Br2O/c1-16(2)25-23(29(25,30)31)13-17(3)20-7-8-21-19-14-24(32-6)28-15-18(28)9-12-27(28,5)22(19)10-11-26(20,21)4/h16-25H,7-15H2,1-6H3/t17-,18-,19+,20-,21+,22+,23+,24-,25+,26-,27-,28+/m1/s1. The van der Waals surface area contributed by atoms with E-state index in [0.717, 1.165) is 53.3 Å². The van der Waals surface area contributed by atoms with Crippen molar-refractivity contribution < 1.29 is 4.74 Å². The van der Waals surface area contributed by atoms with Gasteiger partial charge in [0.25, 0.3) is 0 Å². The summed E-state index contributed by atoms with van der Waals surface area (Å²) >= 11 is 8.09. The van der Waals surface area contributed by atoms with Gasteiger partial charge < -0.3 is 4.74 Å². The van der Waals surface area contributed by atoms with Crippen molar-refractivity contribution in [1.29, 1.82) is 0 Å². The predicted molar refractivity (Wildman–Crippen MR) is 140 cm³/mol. The first-order chi connectivity index (χ1) is 15.0. The van der Waals surface area contributed by atoms with Crippen LogP contribution in [0.4, 0.5) is 0 Å². The molecule has 0 aromatic heterocycles. The molecular weight excluding hydrogens is 524 g/mol. The average molecular weight is 570 g/mol. The van der Waals surface area contributed by atoms with Crippen molar-refractivity contribution in [1.82, 2.24) is 0 Å². The van der Waals surface area contributed by atoms with E-state index in [9.17, 15) is 0 Å². The van der Waals surface area contributed by atoms with Crippen LogP contribution in [0.3, 0.4) is 0 Å². The molecule has 0 aliphatic heterocycles. The minimum Gasteiger partial charge on any atom is -0.381 e. The fraction of sp³-hybridized carbons (Fsp3) is 1.00. The van der Waals surface area contributed by atoms with E-state index in [-0.39, 0.29) is 3.23 Å². The van der Waals surface area contributed by atoms with E-state index in [1.54, 1.807) is 0 Å². The smallest absolute Gasteiger partial charge is 0.0871 e. The van der Waals surface area contributed by atoms with Crippen LogP contribution in [0.15, 0.2) is 0 Å². The van der Waals surface area contributed by atoms with E-state index in [4.69, 9.17) is 4.74 Å². The first-order valence-corrected chi connectivity index (χ1v) is 15.5. The molecule has 1 spiro atoms. The fourth-order valence-electron chi connectivity index (χ4n) is 11.7. The molecular formula is C29H46Br2O. The molecule has 0 heterocycles. The van der Waals surface area contributed by atoms with Crippen LogP contribution in [0.2, 0.25) is 0 Å². The van der Waals surface area contributed by atoms with Crippen LogP contribution >= 0.6 is 31.9 Å². The minimum absolute atomic E-state index is 0.209. The van der Waals surface area contributed by atoms with Crippen LogP contribution < -0.4 is 0 Å². The topological polar surface area (TPSA) is 9.23 Å². The van der Waals surface area contributed by atoms with E-state index in [1.165, 1.54) is 57.8 Å². The molecule has 0 aromatic carbocycles. The number of hydrogen-bond donors (Lipinski definition) is 0. The van der Waals surface area contributed by atoms with E-state index in [2.05, 4.69) is 66.5 Å². The lowest BCUT2D eigenvalue weighted by molar-refractivity contribution is -0.161. The number of fused-ring (bicyclic) bond motifs is 4. The van der Waals surface area contributed by atoms with Crippen LogP contribution in [-0.4, -0.2) is 16.4 Å². The summed E-state index contributed by atoms with van der Waals surface area (Å²) in [7, 11) is 2.03. The number of ether oxygens (including phenoxy) is 1. The second-order valence-electron chi connectivity index (χ2n) is 14.2. The van der Waals surface area contributed by atoms with Crippen molar-refractivity contribution in [3.63, 3.8) is 0 Å². The monoisotopic (exact) mass is 568 g/mol. The van der Waals surface area contributed by atoms with Crippen molar-refractivity contribution in [2.45, 2.75) is 102 Å². The molecule has 12 atom stereocenters. The fourth-order valence-corrected chi connectivity index (χ4v) is 14.1. The van der Waals surface area contributed by atoms with Crippen molar-refractivity contribution in [2.24, 2.45) is 69.5 Å². The number of hydrogen-bond acceptors (Lipinski definition) is 1. The van der Waals surface area contributed by atoms with Gasteiger partial charge in [-0.1, -0.05) is 66.5 Å². The number of methoxy groups -OCH3 is 1. The summed E-state index contributed by atoms with van der Waals surface area (Å²) in [5, 5.41) is 0. The van der Waals surface area contributed by atoms with Crippen molar-refractivity contribution >= 4 is 31.9 Å². The number of alkyl halides is 2. The molecule has 32 heavy (non-hydrogen) atoms. The van der Waals surface area contributed by atoms with E-state index >= 15 is 0 Å². The SMILES string of the molecule is CO[C@@H]1C[C@H]2[C@@H]3CC[C@H]([C@H](C)C[C@H]4[C@H](C(C)C)C4(Br)Br)[C@@]3(C)CC[C@@H]2[C@@]2(C)CC[C@@H]3C[C@]312.